The van der Waals surface area contributed by atoms with E-state index in [1.807, 2.05) is 12.1 Å². The highest BCUT2D eigenvalue weighted by Crippen LogP contribution is 2.27. The van der Waals surface area contributed by atoms with Crippen molar-refractivity contribution in [1.29, 1.82) is 0 Å². The lowest BCUT2D eigenvalue weighted by Gasteiger charge is -2.36. The number of rotatable bonds is 5. The van der Waals surface area contributed by atoms with Crippen LogP contribution in [0, 0.1) is 11.8 Å². The molecule has 0 spiro atoms. The molecule has 1 saturated heterocycles. The van der Waals surface area contributed by atoms with E-state index >= 15 is 0 Å². The van der Waals surface area contributed by atoms with Crippen molar-refractivity contribution in [3.8, 4) is 11.5 Å². The molecule has 0 radical (unpaired) electrons. The first kappa shape index (κ1) is 17.9. The maximum absolute atomic E-state index is 5.55. The number of methoxy groups -OCH3 is 2. The summed E-state index contributed by atoms with van der Waals surface area (Å²) in [7, 11) is 3.31. The van der Waals surface area contributed by atoms with E-state index in [1.165, 1.54) is 12.0 Å². The molecule has 128 valence electrons. The highest BCUT2D eigenvalue weighted by molar-refractivity contribution is 7.80. The summed E-state index contributed by atoms with van der Waals surface area (Å²) in [6.45, 7) is 7.55. The summed E-state index contributed by atoms with van der Waals surface area (Å²) >= 11 is 5.55. The number of ether oxygens (including phenoxy) is 2. The second-order valence-electron chi connectivity index (χ2n) is 6.52. The molecule has 0 bridgehead atoms. The van der Waals surface area contributed by atoms with E-state index < -0.39 is 0 Å². The van der Waals surface area contributed by atoms with E-state index in [9.17, 15) is 0 Å². The molecule has 5 heteroatoms. The van der Waals surface area contributed by atoms with E-state index in [-0.39, 0.29) is 0 Å². The Morgan fingerprint density at radius 2 is 1.83 bits per heavy atom. The van der Waals surface area contributed by atoms with Gasteiger partial charge in [-0.25, -0.2) is 0 Å². The SMILES string of the molecule is COc1ccc(CCNC(=S)N2CC(C)CC(C)C2)cc1OC. The van der Waals surface area contributed by atoms with Gasteiger partial charge < -0.3 is 19.7 Å². The summed E-state index contributed by atoms with van der Waals surface area (Å²) < 4.78 is 10.6. The maximum Gasteiger partial charge on any atom is 0.168 e. The summed E-state index contributed by atoms with van der Waals surface area (Å²) in [6.07, 6.45) is 2.20. The molecule has 1 heterocycles. The molecule has 1 N–H and O–H groups in total. The normalized spacial score (nSPS) is 21.0. The van der Waals surface area contributed by atoms with Crippen LogP contribution in [0.1, 0.15) is 25.8 Å². The second kappa shape index (κ2) is 8.39. The molecule has 23 heavy (non-hydrogen) atoms. The van der Waals surface area contributed by atoms with E-state index in [1.54, 1.807) is 14.2 Å². The van der Waals surface area contributed by atoms with Crippen LogP contribution in [0.4, 0.5) is 0 Å². The van der Waals surface area contributed by atoms with Gasteiger partial charge in [0.1, 0.15) is 0 Å². The van der Waals surface area contributed by atoms with Crippen molar-refractivity contribution in [3.63, 3.8) is 0 Å². The van der Waals surface area contributed by atoms with Gasteiger partial charge in [-0.15, -0.1) is 0 Å². The Morgan fingerprint density at radius 1 is 1.17 bits per heavy atom. The van der Waals surface area contributed by atoms with Crippen molar-refractivity contribution in [2.75, 3.05) is 33.9 Å². The number of likely N-dealkylation sites (tertiary alicyclic amines) is 1. The van der Waals surface area contributed by atoms with Gasteiger partial charge in [-0.05, 0) is 54.6 Å². The van der Waals surface area contributed by atoms with E-state index in [0.29, 0.717) is 11.8 Å². The lowest BCUT2D eigenvalue weighted by Crippen LogP contribution is -2.47. The highest BCUT2D eigenvalue weighted by Gasteiger charge is 2.23. The quantitative estimate of drug-likeness (QED) is 0.836. The zero-order valence-electron chi connectivity index (χ0n) is 14.6. The second-order valence-corrected chi connectivity index (χ2v) is 6.91. The largest absolute Gasteiger partial charge is 0.493 e. The molecule has 1 fully saturated rings. The monoisotopic (exact) mass is 336 g/mol. The van der Waals surface area contributed by atoms with Crippen LogP contribution in [0.5, 0.6) is 11.5 Å². The average molecular weight is 337 g/mol. The number of nitrogens with one attached hydrogen (secondary N) is 1. The Bertz CT molecular complexity index is 526. The van der Waals surface area contributed by atoms with Crippen LogP contribution in [0.2, 0.25) is 0 Å². The zero-order valence-corrected chi connectivity index (χ0v) is 15.4. The lowest BCUT2D eigenvalue weighted by atomic mass is 9.92. The predicted octanol–water partition coefficient (Wildman–Crippen LogP) is 3.10. The zero-order chi connectivity index (χ0) is 16.8. The molecule has 2 atom stereocenters. The molecular formula is C18H28N2O2S. The standard InChI is InChI=1S/C18H28N2O2S/c1-13-9-14(2)12-20(11-13)18(23)19-8-7-15-5-6-16(21-3)17(10-15)22-4/h5-6,10,13-14H,7-9,11-12H2,1-4H3,(H,19,23). The van der Waals surface area contributed by atoms with Gasteiger partial charge in [0.2, 0.25) is 0 Å². The summed E-state index contributed by atoms with van der Waals surface area (Å²) in [6, 6.07) is 6.03. The van der Waals surface area contributed by atoms with E-state index in [2.05, 4.69) is 30.1 Å². The minimum Gasteiger partial charge on any atom is -0.493 e. The molecule has 0 aromatic heterocycles. The lowest BCUT2D eigenvalue weighted by molar-refractivity contribution is 0.212. The molecule has 2 rings (SSSR count). The van der Waals surface area contributed by atoms with Crippen molar-refractivity contribution < 1.29 is 9.47 Å². The topological polar surface area (TPSA) is 33.7 Å². The third-order valence-electron chi connectivity index (χ3n) is 4.29. The van der Waals surface area contributed by atoms with Crippen molar-refractivity contribution >= 4 is 17.3 Å². The summed E-state index contributed by atoms with van der Waals surface area (Å²) in [5, 5.41) is 4.27. The van der Waals surface area contributed by atoms with Crippen molar-refractivity contribution in [2.45, 2.75) is 26.7 Å². The van der Waals surface area contributed by atoms with Gasteiger partial charge in [0.05, 0.1) is 14.2 Å². The van der Waals surface area contributed by atoms with Crippen molar-refractivity contribution in [3.05, 3.63) is 23.8 Å². The van der Waals surface area contributed by atoms with Crippen molar-refractivity contribution in [2.24, 2.45) is 11.8 Å². The van der Waals surface area contributed by atoms with Gasteiger partial charge in [0.15, 0.2) is 16.6 Å². The van der Waals surface area contributed by atoms with Crippen LogP contribution in [0.25, 0.3) is 0 Å². The molecule has 1 aromatic rings. The van der Waals surface area contributed by atoms with Crippen molar-refractivity contribution in [1.82, 2.24) is 10.2 Å². The highest BCUT2D eigenvalue weighted by atomic mass is 32.1. The Kier molecular flexibility index (Phi) is 6.51. The first-order valence-electron chi connectivity index (χ1n) is 8.27. The third-order valence-corrected chi connectivity index (χ3v) is 4.70. The fourth-order valence-electron chi connectivity index (χ4n) is 3.29. The Morgan fingerprint density at radius 3 is 2.43 bits per heavy atom. The van der Waals surface area contributed by atoms with Gasteiger partial charge in [0.25, 0.3) is 0 Å². The fraction of sp³-hybridized carbons (Fsp3) is 0.611. The summed E-state index contributed by atoms with van der Waals surface area (Å²) in [5.41, 5.74) is 1.21. The third kappa shape index (κ3) is 4.99. The maximum atomic E-state index is 5.55. The number of benzene rings is 1. The molecule has 4 nitrogen and oxygen atoms in total. The average Bonchev–Trinajstić information content (AvgIpc) is 2.53. The van der Waals surface area contributed by atoms with E-state index in [4.69, 9.17) is 21.7 Å². The number of piperidine rings is 1. The summed E-state index contributed by atoms with van der Waals surface area (Å²) in [5.74, 6) is 2.95. The summed E-state index contributed by atoms with van der Waals surface area (Å²) in [4.78, 5) is 2.31. The smallest absolute Gasteiger partial charge is 0.168 e. The van der Waals surface area contributed by atoms with Gasteiger partial charge in [-0.1, -0.05) is 19.9 Å². The minimum absolute atomic E-state index is 0.712. The molecule has 1 aliphatic heterocycles. The molecule has 0 amide bonds. The fourth-order valence-corrected chi connectivity index (χ4v) is 3.54. The van der Waals surface area contributed by atoms with Crippen LogP contribution in [0.15, 0.2) is 18.2 Å². The number of hydrogen-bond donors (Lipinski definition) is 1. The molecule has 2 unspecified atom stereocenters. The first-order chi connectivity index (χ1) is 11.0. The molecular weight excluding hydrogens is 308 g/mol. The Balaban J connectivity index is 1.83. The number of nitrogens with zero attached hydrogens (tertiary/aromatic N) is 1. The van der Waals surface area contributed by atoms with Gasteiger partial charge in [0, 0.05) is 19.6 Å². The van der Waals surface area contributed by atoms with Crippen LogP contribution in [0.3, 0.4) is 0 Å². The number of hydrogen-bond acceptors (Lipinski definition) is 3. The molecule has 1 aromatic carbocycles. The predicted molar refractivity (Wildman–Crippen MR) is 98.4 cm³/mol. The Labute approximate surface area is 145 Å². The first-order valence-corrected chi connectivity index (χ1v) is 8.68. The van der Waals surface area contributed by atoms with Gasteiger partial charge in [-0.2, -0.15) is 0 Å². The number of thiocarbonyl (C=S) groups is 1. The Hall–Kier alpha value is -1.49. The minimum atomic E-state index is 0.712. The van der Waals surface area contributed by atoms with Crippen LogP contribution >= 0.6 is 12.2 Å². The molecule has 1 aliphatic rings. The van der Waals surface area contributed by atoms with Crippen LogP contribution in [-0.4, -0.2) is 43.9 Å². The van der Waals surface area contributed by atoms with Crippen LogP contribution in [-0.2, 0) is 6.42 Å². The van der Waals surface area contributed by atoms with Gasteiger partial charge in [-0.3, -0.25) is 0 Å². The van der Waals surface area contributed by atoms with Crippen LogP contribution < -0.4 is 14.8 Å². The van der Waals surface area contributed by atoms with Gasteiger partial charge >= 0.3 is 0 Å². The molecule has 0 aliphatic carbocycles. The molecule has 0 saturated carbocycles. The van der Waals surface area contributed by atoms with E-state index in [0.717, 1.165) is 42.7 Å².